The molecule has 3 N–H and O–H groups in total. The van der Waals surface area contributed by atoms with Crippen LogP contribution in [0.1, 0.15) is 44.6 Å². The molecule has 0 aromatic heterocycles. The van der Waals surface area contributed by atoms with Crippen LogP contribution in [0, 0.1) is 11.7 Å². The number of phenolic OH excluding ortho intramolecular Hbond substituents is 1. The summed E-state index contributed by atoms with van der Waals surface area (Å²) < 4.78 is 14.2. The van der Waals surface area contributed by atoms with Gasteiger partial charge in [0.1, 0.15) is 17.3 Å². The maximum absolute atomic E-state index is 14.2. The Kier molecular flexibility index (Phi) is 8.32. The second-order valence-electron chi connectivity index (χ2n) is 7.33. The number of benzene rings is 1. The minimum absolute atomic E-state index is 0.00419. The van der Waals surface area contributed by atoms with Gasteiger partial charge in [-0.1, -0.05) is 6.92 Å². The van der Waals surface area contributed by atoms with Gasteiger partial charge < -0.3 is 20.6 Å². The molecule has 2 rings (SSSR count). The maximum atomic E-state index is 14.2. The van der Waals surface area contributed by atoms with Gasteiger partial charge in [0, 0.05) is 13.0 Å². The number of nitrogens with zero attached hydrogens (tertiary/aromatic N) is 1. The third-order valence-electron chi connectivity index (χ3n) is 5.02. The lowest BCUT2D eigenvalue weighted by Crippen LogP contribution is -2.31. The van der Waals surface area contributed by atoms with Gasteiger partial charge in [0.2, 0.25) is 0 Å². The van der Waals surface area contributed by atoms with E-state index in [4.69, 9.17) is 0 Å². The summed E-state index contributed by atoms with van der Waals surface area (Å²) in [6, 6.07) is 2.97. The summed E-state index contributed by atoms with van der Waals surface area (Å²) in [4.78, 5) is 13.9. The van der Waals surface area contributed by atoms with Gasteiger partial charge in [0.15, 0.2) is 5.78 Å². The number of ketones is 1. The first-order valence-electron chi connectivity index (χ1n) is 9.65. The molecule has 1 saturated heterocycles. The standard InChI is InChI=1S/C20H32FN3O2/c1-3-4-17(25)14-23-20-18(21)11-16(12-19(20)26)13-22-8-5-15-6-9-24(2)10-7-15/h11-12,15,22-23,26H,3-10,13-14H2,1-2H3. The molecule has 0 amide bonds. The van der Waals surface area contributed by atoms with Crippen molar-refractivity contribution in [3.8, 4) is 5.75 Å². The van der Waals surface area contributed by atoms with Crippen molar-refractivity contribution < 1.29 is 14.3 Å². The number of hydrogen-bond donors (Lipinski definition) is 3. The van der Waals surface area contributed by atoms with Crippen LogP contribution in [0.25, 0.3) is 0 Å². The Hall–Kier alpha value is -1.66. The van der Waals surface area contributed by atoms with Crippen molar-refractivity contribution in [2.45, 2.75) is 45.6 Å². The predicted octanol–water partition coefficient (Wildman–Crippen LogP) is 3.13. The van der Waals surface area contributed by atoms with Gasteiger partial charge in [-0.05, 0) is 76.0 Å². The average molecular weight is 365 g/mol. The van der Waals surface area contributed by atoms with E-state index in [1.807, 2.05) is 6.92 Å². The summed E-state index contributed by atoms with van der Waals surface area (Å²) in [5.74, 6) is 0.0878. The van der Waals surface area contributed by atoms with Gasteiger partial charge >= 0.3 is 0 Å². The lowest BCUT2D eigenvalue weighted by atomic mass is 9.94. The largest absolute Gasteiger partial charge is 0.506 e. The van der Waals surface area contributed by atoms with Crippen LogP contribution < -0.4 is 10.6 Å². The molecule has 6 heteroatoms. The Balaban J connectivity index is 1.76. The lowest BCUT2D eigenvalue weighted by molar-refractivity contribution is -0.117. The van der Waals surface area contributed by atoms with Crippen molar-refractivity contribution in [3.05, 3.63) is 23.5 Å². The molecular formula is C20H32FN3O2. The van der Waals surface area contributed by atoms with Crippen LogP contribution in [0.3, 0.4) is 0 Å². The zero-order chi connectivity index (χ0) is 18.9. The van der Waals surface area contributed by atoms with Crippen molar-refractivity contribution in [2.75, 3.05) is 38.5 Å². The average Bonchev–Trinajstić information content (AvgIpc) is 2.60. The van der Waals surface area contributed by atoms with Crippen LogP contribution in [-0.4, -0.2) is 49.0 Å². The molecule has 0 saturated carbocycles. The summed E-state index contributed by atoms with van der Waals surface area (Å²) in [6.45, 7) is 5.70. The number of aromatic hydroxyl groups is 1. The van der Waals surface area contributed by atoms with Gasteiger partial charge in [0.05, 0.1) is 6.54 Å². The molecule has 0 aliphatic carbocycles. The van der Waals surface area contributed by atoms with Crippen LogP contribution >= 0.6 is 0 Å². The number of phenols is 1. The van der Waals surface area contributed by atoms with Crippen LogP contribution in [-0.2, 0) is 11.3 Å². The molecule has 1 aromatic carbocycles. The first kappa shape index (κ1) is 20.6. The number of piperidine rings is 1. The number of likely N-dealkylation sites (tertiary alicyclic amines) is 1. The minimum atomic E-state index is -0.526. The van der Waals surface area contributed by atoms with E-state index in [-0.39, 0.29) is 23.8 Å². The molecule has 0 radical (unpaired) electrons. The van der Waals surface area contributed by atoms with Crippen LogP contribution in [0.15, 0.2) is 12.1 Å². The molecule has 1 fully saturated rings. The highest BCUT2D eigenvalue weighted by Crippen LogP contribution is 2.28. The van der Waals surface area contributed by atoms with E-state index in [2.05, 4.69) is 22.6 Å². The SMILES string of the molecule is CCCC(=O)CNc1c(O)cc(CNCCC2CCN(C)CC2)cc1F. The monoisotopic (exact) mass is 365 g/mol. The third-order valence-corrected chi connectivity index (χ3v) is 5.02. The molecule has 0 spiro atoms. The number of Topliss-reactive ketones (excluding diaryl/α,β-unsaturated/α-hetero) is 1. The highest BCUT2D eigenvalue weighted by atomic mass is 19.1. The van der Waals surface area contributed by atoms with Crippen molar-refractivity contribution in [3.63, 3.8) is 0 Å². The fourth-order valence-electron chi connectivity index (χ4n) is 3.37. The van der Waals surface area contributed by atoms with Crippen LogP contribution in [0.2, 0.25) is 0 Å². The quantitative estimate of drug-likeness (QED) is 0.439. The van der Waals surface area contributed by atoms with Gasteiger partial charge in [-0.2, -0.15) is 0 Å². The van der Waals surface area contributed by atoms with Crippen molar-refractivity contribution in [2.24, 2.45) is 5.92 Å². The van der Waals surface area contributed by atoms with Crippen molar-refractivity contribution >= 4 is 11.5 Å². The van der Waals surface area contributed by atoms with Crippen LogP contribution in [0.5, 0.6) is 5.75 Å². The number of hydrogen-bond acceptors (Lipinski definition) is 5. The maximum Gasteiger partial charge on any atom is 0.151 e. The zero-order valence-corrected chi connectivity index (χ0v) is 16.0. The molecular weight excluding hydrogens is 333 g/mol. The van der Waals surface area contributed by atoms with E-state index < -0.39 is 5.82 Å². The minimum Gasteiger partial charge on any atom is -0.506 e. The van der Waals surface area contributed by atoms with Gasteiger partial charge in [-0.25, -0.2) is 4.39 Å². The Morgan fingerprint density at radius 2 is 2.08 bits per heavy atom. The van der Waals surface area contributed by atoms with E-state index in [1.54, 1.807) is 6.07 Å². The lowest BCUT2D eigenvalue weighted by Gasteiger charge is -2.28. The summed E-state index contributed by atoms with van der Waals surface area (Å²) in [5.41, 5.74) is 0.707. The number of nitrogens with one attached hydrogen (secondary N) is 2. The molecule has 0 unspecified atom stereocenters. The molecule has 0 atom stereocenters. The van der Waals surface area contributed by atoms with Gasteiger partial charge in [-0.3, -0.25) is 4.79 Å². The molecule has 1 aromatic rings. The fraction of sp³-hybridized carbons (Fsp3) is 0.650. The Morgan fingerprint density at radius 1 is 1.35 bits per heavy atom. The van der Waals surface area contributed by atoms with E-state index in [1.165, 1.54) is 32.0 Å². The normalized spacial score (nSPS) is 16.0. The molecule has 1 heterocycles. The van der Waals surface area contributed by atoms with E-state index in [0.29, 0.717) is 18.5 Å². The molecule has 1 aliphatic heterocycles. The number of carbonyl (C=O) groups is 1. The van der Waals surface area contributed by atoms with Crippen LogP contribution in [0.4, 0.5) is 10.1 Å². The smallest absolute Gasteiger partial charge is 0.151 e. The number of carbonyl (C=O) groups excluding carboxylic acids is 1. The third kappa shape index (κ3) is 6.57. The summed E-state index contributed by atoms with van der Waals surface area (Å²) >= 11 is 0. The number of anilines is 1. The molecule has 26 heavy (non-hydrogen) atoms. The van der Waals surface area contributed by atoms with Crippen molar-refractivity contribution in [1.82, 2.24) is 10.2 Å². The zero-order valence-electron chi connectivity index (χ0n) is 16.0. The molecule has 1 aliphatic rings. The van der Waals surface area contributed by atoms with Crippen molar-refractivity contribution in [1.29, 1.82) is 0 Å². The molecule has 0 bridgehead atoms. The highest BCUT2D eigenvalue weighted by Gasteiger charge is 2.16. The summed E-state index contributed by atoms with van der Waals surface area (Å²) in [6.07, 6.45) is 4.82. The highest BCUT2D eigenvalue weighted by molar-refractivity contribution is 5.83. The first-order chi connectivity index (χ1) is 12.5. The van der Waals surface area contributed by atoms with Gasteiger partial charge in [-0.15, -0.1) is 0 Å². The predicted molar refractivity (Wildman–Crippen MR) is 103 cm³/mol. The number of rotatable bonds is 10. The fourth-order valence-corrected chi connectivity index (χ4v) is 3.37. The Morgan fingerprint density at radius 3 is 2.73 bits per heavy atom. The van der Waals surface area contributed by atoms with E-state index in [9.17, 15) is 14.3 Å². The Labute approximate surface area is 156 Å². The summed E-state index contributed by atoms with van der Waals surface area (Å²) in [7, 11) is 2.16. The second kappa shape index (κ2) is 10.5. The van der Waals surface area contributed by atoms with E-state index >= 15 is 0 Å². The number of halogens is 1. The van der Waals surface area contributed by atoms with Gasteiger partial charge in [0.25, 0.3) is 0 Å². The molecule has 5 nitrogen and oxygen atoms in total. The van der Waals surface area contributed by atoms with E-state index in [0.717, 1.165) is 25.3 Å². The first-order valence-corrected chi connectivity index (χ1v) is 9.65. The topological polar surface area (TPSA) is 64.6 Å². The Bertz CT molecular complexity index is 563. The second-order valence-corrected chi connectivity index (χ2v) is 7.33. The summed E-state index contributed by atoms with van der Waals surface area (Å²) in [5, 5.41) is 16.1. The molecule has 146 valence electrons.